The van der Waals surface area contributed by atoms with Gasteiger partial charge in [-0.3, -0.25) is 15.1 Å². The molecule has 0 spiro atoms. The summed E-state index contributed by atoms with van der Waals surface area (Å²) in [5.74, 6) is 1.14. The van der Waals surface area contributed by atoms with Crippen LogP contribution < -0.4 is 0 Å². The van der Waals surface area contributed by atoms with Crippen LogP contribution in [0.2, 0.25) is 0 Å². The Bertz CT molecular complexity index is 834. The molecule has 0 saturated heterocycles. The lowest BCUT2D eigenvalue weighted by molar-refractivity contribution is 1.07. The number of H-pyrrole nitrogens is 1. The molecule has 3 rings (SSSR count). The molecule has 0 fully saturated rings. The van der Waals surface area contributed by atoms with E-state index in [2.05, 4.69) is 25.2 Å². The van der Waals surface area contributed by atoms with E-state index in [9.17, 15) is 0 Å². The SMILES string of the molecule is Cc1cccc(C)c1N=Cc1n[nH]c(C=Nc2c(C)cccc2C)n1. The highest BCUT2D eigenvalue weighted by atomic mass is 15.2. The molecule has 0 radical (unpaired) electrons. The van der Waals surface area contributed by atoms with Crippen LogP contribution in [-0.2, 0) is 0 Å². The van der Waals surface area contributed by atoms with E-state index >= 15 is 0 Å². The zero-order valence-electron chi connectivity index (χ0n) is 14.9. The Kier molecular flexibility index (Phi) is 4.84. The summed E-state index contributed by atoms with van der Waals surface area (Å²) in [5.41, 5.74) is 6.44. The third kappa shape index (κ3) is 3.88. The molecule has 126 valence electrons. The second-order valence-corrected chi connectivity index (χ2v) is 6.08. The van der Waals surface area contributed by atoms with E-state index in [0.717, 1.165) is 33.6 Å². The number of aryl methyl sites for hydroxylation is 4. The highest BCUT2D eigenvalue weighted by molar-refractivity contribution is 5.82. The fourth-order valence-electron chi connectivity index (χ4n) is 2.67. The van der Waals surface area contributed by atoms with Crippen molar-refractivity contribution in [2.75, 3.05) is 0 Å². The van der Waals surface area contributed by atoms with Crippen molar-refractivity contribution < 1.29 is 0 Å². The fourth-order valence-corrected chi connectivity index (χ4v) is 2.67. The molecule has 25 heavy (non-hydrogen) atoms. The number of hydrogen-bond donors (Lipinski definition) is 1. The van der Waals surface area contributed by atoms with Crippen LogP contribution in [0.5, 0.6) is 0 Å². The second kappa shape index (κ2) is 7.21. The number of aromatic nitrogens is 3. The molecule has 0 bridgehead atoms. The zero-order valence-corrected chi connectivity index (χ0v) is 14.9. The number of aromatic amines is 1. The monoisotopic (exact) mass is 331 g/mol. The summed E-state index contributed by atoms with van der Waals surface area (Å²) in [4.78, 5) is 13.4. The lowest BCUT2D eigenvalue weighted by Crippen LogP contribution is -1.88. The van der Waals surface area contributed by atoms with Crippen molar-refractivity contribution in [1.29, 1.82) is 0 Å². The first-order valence-electron chi connectivity index (χ1n) is 8.17. The number of nitrogens with zero attached hydrogens (tertiary/aromatic N) is 4. The number of rotatable bonds is 4. The Morgan fingerprint density at radius 1 is 0.760 bits per heavy atom. The Morgan fingerprint density at radius 2 is 1.24 bits per heavy atom. The molecule has 3 aromatic rings. The summed E-state index contributed by atoms with van der Waals surface area (Å²) in [5, 5.41) is 7.05. The van der Waals surface area contributed by atoms with Gasteiger partial charge in [-0.25, -0.2) is 4.98 Å². The van der Waals surface area contributed by atoms with Gasteiger partial charge in [0.1, 0.15) is 0 Å². The van der Waals surface area contributed by atoms with Gasteiger partial charge in [-0.05, 0) is 49.9 Å². The van der Waals surface area contributed by atoms with Crippen LogP contribution in [0.3, 0.4) is 0 Å². The molecule has 0 aliphatic carbocycles. The van der Waals surface area contributed by atoms with Crippen molar-refractivity contribution in [1.82, 2.24) is 15.2 Å². The molecule has 1 N–H and O–H groups in total. The van der Waals surface area contributed by atoms with Gasteiger partial charge in [0.2, 0.25) is 0 Å². The van der Waals surface area contributed by atoms with E-state index in [1.54, 1.807) is 12.4 Å². The summed E-state index contributed by atoms with van der Waals surface area (Å²) >= 11 is 0. The van der Waals surface area contributed by atoms with Crippen molar-refractivity contribution in [2.45, 2.75) is 27.7 Å². The van der Waals surface area contributed by atoms with Gasteiger partial charge in [0.05, 0.1) is 23.8 Å². The zero-order chi connectivity index (χ0) is 17.8. The molecule has 5 heteroatoms. The number of benzene rings is 2. The van der Waals surface area contributed by atoms with Gasteiger partial charge >= 0.3 is 0 Å². The van der Waals surface area contributed by atoms with Crippen molar-refractivity contribution in [3.8, 4) is 0 Å². The Balaban J connectivity index is 1.79. The van der Waals surface area contributed by atoms with E-state index < -0.39 is 0 Å². The highest BCUT2D eigenvalue weighted by Gasteiger charge is 2.03. The largest absolute Gasteiger partial charge is 0.258 e. The first-order chi connectivity index (χ1) is 12.0. The van der Waals surface area contributed by atoms with Crippen LogP contribution in [-0.4, -0.2) is 27.6 Å². The summed E-state index contributed by atoms with van der Waals surface area (Å²) in [6.07, 6.45) is 3.36. The smallest absolute Gasteiger partial charge is 0.192 e. The molecule has 2 aromatic carbocycles. The minimum Gasteiger partial charge on any atom is -0.258 e. The van der Waals surface area contributed by atoms with Crippen LogP contribution in [0.25, 0.3) is 0 Å². The molecule has 0 saturated carbocycles. The maximum Gasteiger partial charge on any atom is 0.192 e. The average molecular weight is 331 g/mol. The lowest BCUT2D eigenvalue weighted by Gasteiger charge is -2.02. The first kappa shape index (κ1) is 16.8. The quantitative estimate of drug-likeness (QED) is 0.713. The Morgan fingerprint density at radius 3 is 1.76 bits per heavy atom. The van der Waals surface area contributed by atoms with E-state index in [1.807, 2.05) is 64.1 Å². The molecule has 0 aliphatic rings. The second-order valence-electron chi connectivity index (χ2n) is 6.08. The molecule has 5 nitrogen and oxygen atoms in total. The van der Waals surface area contributed by atoms with Gasteiger partial charge in [-0.15, -0.1) is 0 Å². The van der Waals surface area contributed by atoms with E-state index in [-0.39, 0.29) is 0 Å². The van der Waals surface area contributed by atoms with Crippen molar-refractivity contribution in [3.63, 3.8) is 0 Å². The average Bonchev–Trinajstić information content (AvgIpc) is 3.02. The molecular formula is C20H21N5. The van der Waals surface area contributed by atoms with Crippen LogP contribution in [0.1, 0.15) is 33.9 Å². The number of aliphatic imine (C=N–C) groups is 2. The third-order valence-electron chi connectivity index (χ3n) is 4.02. The molecule has 0 unspecified atom stereocenters. The van der Waals surface area contributed by atoms with Gasteiger partial charge in [-0.1, -0.05) is 36.4 Å². The predicted molar refractivity (Wildman–Crippen MR) is 103 cm³/mol. The summed E-state index contributed by atoms with van der Waals surface area (Å²) in [7, 11) is 0. The van der Waals surface area contributed by atoms with Crippen molar-refractivity contribution >= 4 is 23.8 Å². The topological polar surface area (TPSA) is 66.3 Å². The van der Waals surface area contributed by atoms with Crippen LogP contribution >= 0.6 is 0 Å². The maximum absolute atomic E-state index is 4.53. The fraction of sp³-hybridized carbons (Fsp3) is 0.200. The molecule has 0 atom stereocenters. The summed E-state index contributed by atoms with van der Waals surface area (Å²) in [6, 6.07) is 12.2. The van der Waals surface area contributed by atoms with Gasteiger partial charge in [-0.2, -0.15) is 5.10 Å². The minimum atomic E-state index is 0.533. The predicted octanol–water partition coefficient (Wildman–Crippen LogP) is 4.54. The molecule has 0 amide bonds. The number of nitrogens with one attached hydrogen (secondary N) is 1. The minimum absolute atomic E-state index is 0.533. The lowest BCUT2D eigenvalue weighted by atomic mass is 10.1. The number of hydrogen-bond acceptors (Lipinski definition) is 4. The normalized spacial score (nSPS) is 11.7. The van der Waals surface area contributed by atoms with Gasteiger partial charge in [0, 0.05) is 0 Å². The van der Waals surface area contributed by atoms with Crippen molar-refractivity contribution in [2.24, 2.45) is 9.98 Å². The third-order valence-corrected chi connectivity index (χ3v) is 4.02. The summed E-state index contributed by atoms with van der Waals surface area (Å²) in [6.45, 7) is 8.17. The molecule has 1 heterocycles. The standard InChI is InChI=1S/C20H21N5/c1-13-7-5-8-14(2)19(13)21-11-17-23-18(25-24-17)12-22-20-15(3)9-6-10-16(20)4/h5-12H,1-4H3,(H,23,24,25). The summed E-state index contributed by atoms with van der Waals surface area (Å²) < 4.78 is 0. The van der Waals surface area contributed by atoms with E-state index in [1.165, 1.54) is 0 Å². The highest BCUT2D eigenvalue weighted by Crippen LogP contribution is 2.23. The Hall–Kier alpha value is -3.08. The number of para-hydroxylation sites is 2. The van der Waals surface area contributed by atoms with Gasteiger partial charge in [0.15, 0.2) is 11.6 Å². The molecule has 1 aromatic heterocycles. The maximum atomic E-state index is 4.53. The van der Waals surface area contributed by atoms with Crippen LogP contribution in [0.15, 0.2) is 46.4 Å². The van der Waals surface area contributed by atoms with E-state index in [0.29, 0.717) is 11.6 Å². The molecule has 0 aliphatic heterocycles. The van der Waals surface area contributed by atoms with Gasteiger partial charge in [0.25, 0.3) is 0 Å². The van der Waals surface area contributed by atoms with Crippen LogP contribution in [0.4, 0.5) is 11.4 Å². The molecular weight excluding hydrogens is 310 g/mol. The Labute approximate surface area is 147 Å². The van der Waals surface area contributed by atoms with E-state index in [4.69, 9.17) is 0 Å². The first-order valence-corrected chi connectivity index (χ1v) is 8.17. The van der Waals surface area contributed by atoms with Crippen LogP contribution in [0, 0.1) is 27.7 Å². The van der Waals surface area contributed by atoms with Crippen molar-refractivity contribution in [3.05, 3.63) is 70.3 Å². The van der Waals surface area contributed by atoms with Gasteiger partial charge < -0.3 is 0 Å².